The molecule has 21 heavy (non-hydrogen) atoms. The number of hydrogen-bond donors (Lipinski definition) is 2. The van der Waals surface area contributed by atoms with Crippen molar-refractivity contribution in [2.75, 3.05) is 20.6 Å². The van der Waals surface area contributed by atoms with Crippen LogP contribution in [0.5, 0.6) is 5.75 Å². The highest BCUT2D eigenvalue weighted by Crippen LogP contribution is 2.61. The van der Waals surface area contributed by atoms with E-state index in [0.29, 0.717) is 5.92 Å². The van der Waals surface area contributed by atoms with E-state index in [2.05, 4.69) is 0 Å². The fraction of sp³-hybridized carbons (Fsp3) is 0.625. The highest BCUT2D eigenvalue weighted by atomic mass is 35.5. The second-order valence-electron chi connectivity index (χ2n) is 6.63. The standard InChI is InChI=1S/C16H22FNO2.ClH/c1-18(2)9-11-4-3-10-7-13(10)16(11,20)14-8-12(19)5-6-15(14)17;/h5-6,8,10-11,13,19-20H,3-4,7,9H2,1-2H3;1H. The van der Waals surface area contributed by atoms with Crippen LogP contribution in [0.2, 0.25) is 0 Å². The molecule has 3 rings (SSSR count). The Morgan fingerprint density at radius 1 is 1.33 bits per heavy atom. The second kappa shape index (κ2) is 5.75. The van der Waals surface area contributed by atoms with Crippen molar-refractivity contribution >= 4 is 12.4 Å². The molecular formula is C16H23ClFNO2. The molecule has 2 aliphatic carbocycles. The van der Waals surface area contributed by atoms with Crippen LogP contribution in [0, 0.1) is 23.6 Å². The summed E-state index contributed by atoms with van der Waals surface area (Å²) in [7, 11) is 3.94. The lowest BCUT2D eigenvalue weighted by molar-refractivity contribution is -0.0775. The summed E-state index contributed by atoms with van der Waals surface area (Å²) in [6.45, 7) is 0.731. The first-order valence-corrected chi connectivity index (χ1v) is 7.29. The van der Waals surface area contributed by atoms with Crippen molar-refractivity contribution in [1.29, 1.82) is 0 Å². The van der Waals surface area contributed by atoms with Gasteiger partial charge in [-0.1, -0.05) is 0 Å². The van der Waals surface area contributed by atoms with E-state index < -0.39 is 11.4 Å². The Hall–Kier alpha value is -0.840. The highest BCUT2D eigenvalue weighted by molar-refractivity contribution is 5.85. The van der Waals surface area contributed by atoms with Gasteiger partial charge in [-0.2, -0.15) is 0 Å². The second-order valence-corrected chi connectivity index (χ2v) is 6.63. The first-order valence-electron chi connectivity index (χ1n) is 7.29. The topological polar surface area (TPSA) is 43.7 Å². The van der Waals surface area contributed by atoms with Crippen molar-refractivity contribution in [2.24, 2.45) is 17.8 Å². The normalized spacial score (nSPS) is 34.2. The zero-order chi connectivity index (χ0) is 14.5. The van der Waals surface area contributed by atoms with Gasteiger partial charge in [-0.05, 0) is 63.4 Å². The van der Waals surface area contributed by atoms with Gasteiger partial charge in [0.25, 0.3) is 0 Å². The monoisotopic (exact) mass is 315 g/mol. The predicted octanol–water partition coefficient (Wildman–Crippen LogP) is 2.75. The summed E-state index contributed by atoms with van der Waals surface area (Å²) < 4.78 is 14.2. The molecular weight excluding hydrogens is 293 g/mol. The van der Waals surface area contributed by atoms with Crippen molar-refractivity contribution < 1.29 is 14.6 Å². The number of fused-ring (bicyclic) bond motifs is 1. The van der Waals surface area contributed by atoms with Crippen LogP contribution < -0.4 is 0 Å². The van der Waals surface area contributed by atoms with E-state index in [9.17, 15) is 14.6 Å². The van der Waals surface area contributed by atoms with E-state index in [1.807, 2.05) is 19.0 Å². The summed E-state index contributed by atoms with van der Waals surface area (Å²) in [5, 5.41) is 21.0. The molecule has 2 fully saturated rings. The van der Waals surface area contributed by atoms with Gasteiger partial charge in [0.1, 0.15) is 11.6 Å². The molecule has 4 atom stereocenters. The number of phenolic OH excluding ortho intramolecular Hbond substituents is 1. The van der Waals surface area contributed by atoms with Crippen molar-refractivity contribution in [1.82, 2.24) is 4.90 Å². The average molecular weight is 316 g/mol. The van der Waals surface area contributed by atoms with Gasteiger partial charge >= 0.3 is 0 Å². The third-order valence-corrected chi connectivity index (χ3v) is 4.96. The first kappa shape index (κ1) is 16.5. The van der Waals surface area contributed by atoms with Crippen molar-refractivity contribution in [2.45, 2.75) is 24.9 Å². The molecule has 4 unspecified atom stereocenters. The number of aromatic hydroxyl groups is 1. The molecule has 0 aromatic heterocycles. The van der Waals surface area contributed by atoms with Gasteiger partial charge in [-0.15, -0.1) is 12.4 Å². The number of benzene rings is 1. The Labute approximate surface area is 131 Å². The quantitative estimate of drug-likeness (QED) is 0.901. The maximum absolute atomic E-state index is 14.2. The fourth-order valence-corrected chi connectivity index (χ4v) is 3.95. The van der Waals surface area contributed by atoms with E-state index in [0.717, 1.165) is 25.8 Å². The molecule has 1 aromatic rings. The van der Waals surface area contributed by atoms with Crippen molar-refractivity contribution in [3.8, 4) is 5.75 Å². The number of phenols is 1. The smallest absolute Gasteiger partial charge is 0.129 e. The molecule has 0 spiro atoms. The number of hydrogen-bond acceptors (Lipinski definition) is 3. The first-order chi connectivity index (χ1) is 9.42. The van der Waals surface area contributed by atoms with E-state index in [1.165, 1.54) is 18.2 Å². The molecule has 2 N–H and O–H groups in total. The van der Waals surface area contributed by atoms with Gasteiger partial charge in [0, 0.05) is 18.0 Å². The molecule has 3 nitrogen and oxygen atoms in total. The van der Waals surface area contributed by atoms with Gasteiger partial charge in [-0.25, -0.2) is 4.39 Å². The summed E-state index contributed by atoms with van der Waals surface area (Å²) >= 11 is 0. The molecule has 0 radical (unpaired) electrons. The zero-order valence-electron chi connectivity index (χ0n) is 12.4. The van der Waals surface area contributed by atoms with Crippen LogP contribution in [-0.2, 0) is 5.60 Å². The number of aliphatic hydroxyl groups is 1. The maximum Gasteiger partial charge on any atom is 0.129 e. The molecule has 0 aliphatic heterocycles. The van der Waals surface area contributed by atoms with Crippen LogP contribution >= 0.6 is 12.4 Å². The molecule has 0 heterocycles. The minimum atomic E-state index is -1.14. The molecule has 5 heteroatoms. The minimum absolute atomic E-state index is 0. The average Bonchev–Trinajstić information content (AvgIpc) is 3.16. The summed E-state index contributed by atoms with van der Waals surface area (Å²) in [4.78, 5) is 2.04. The third-order valence-electron chi connectivity index (χ3n) is 4.96. The zero-order valence-corrected chi connectivity index (χ0v) is 13.2. The summed E-state index contributed by atoms with van der Waals surface area (Å²) in [5.41, 5.74) is -0.868. The van der Waals surface area contributed by atoms with E-state index in [1.54, 1.807) is 0 Å². The van der Waals surface area contributed by atoms with E-state index in [4.69, 9.17) is 0 Å². The van der Waals surface area contributed by atoms with Crippen molar-refractivity contribution in [3.63, 3.8) is 0 Å². The van der Waals surface area contributed by atoms with Crippen LogP contribution in [0.4, 0.5) is 4.39 Å². The molecule has 0 saturated heterocycles. The number of nitrogens with zero attached hydrogens (tertiary/aromatic N) is 1. The Bertz CT molecular complexity index is 525. The maximum atomic E-state index is 14.2. The van der Waals surface area contributed by atoms with Crippen LogP contribution in [0.15, 0.2) is 18.2 Å². The summed E-state index contributed by atoms with van der Waals surface area (Å²) in [6, 6.07) is 3.98. The Kier molecular flexibility index (Phi) is 4.52. The highest BCUT2D eigenvalue weighted by Gasteiger charge is 2.60. The van der Waals surface area contributed by atoms with Gasteiger partial charge < -0.3 is 15.1 Å². The third kappa shape index (κ3) is 2.77. The Morgan fingerprint density at radius 2 is 2.05 bits per heavy atom. The van der Waals surface area contributed by atoms with Gasteiger partial charge in [0.05, 0.1) is 5.60 Å². The Morgan fingerprint density at radius 3 is 2.71 bits per heavy atom. The molecule has 0 amide bonds. The predicted molar refractivity (Wildman–Crippen MR) is 82.1 cm³/mol. The molecule has 0 bridgehead atoms. The lowest BCUT2D eigenvalue weighted by Gasteiger charge is -2.42. The lowest BCUT2D eigenvalue weighted by Crippen LogP contribution is -2.45. The molecule has 118 valence electrons. The lowest BCUT2D eigenvalue weighted by atomic mass is 9.70. The molecule has 2 saturated carbocycles. The van der Waals surface area contributed by atoms with Crippen LogP contribution in [0.3, 0.4) is 0 Å². The number of halogens is 2. The van der Waals surface area contributed by atoms with Gasteiger partial charge in [0.15, 0.2) is 0 Å². The largest absolute Gasteiger partial charge is 0.508 e. The fourth-order valence-electron chi connectivity index (χ4n) is 3.95. The van der Waals surface area contributed by atoms with Gasteiger partial charge in [-0.3, -0.25) is 0 Å². The Balaban J connectivity index is 0.00000161. The van der Waals surface area contributed by atoms with Crippen LogP contribution in [-0.4, -0.2) is 35.8 Å². The summed E-state index contributed by atoms with van der Waals surface area (Å²) in [6.07, 6.45) is 2.99. The van der Waals surface area contributed by atoms with Crippen LogP contribution in [0.25, 0.3) is 0 Å². The van der Waals surface area contributed by atoms with Crippen molar-refractivity contribution in [3.05, 3.63) is 29.6 Å². The summed E-state index contributed by atoms with van der Waals surface area (Å²) in [5.74, 6) is 0.262. The van der Waals surface area contributed by atoms with E-state index in [-0.39, 0.29) is 35.6 Å². The minimum Gasteiger partial charge on any atom is -0.508 e. The SMILES string of the molecule is CN(C)CC1CCC2CC2C1(O)c1cc(O)ccc1F.Cl. The molecule has 1 aromatic carbocycles. The van der Waals surface area contributed by atoms with Crippen LogP contribution in [0.1, 0.15) is 24.8 Å². The number of rotatable bonds is 3. The molecule has 2 aliphatic rings. The van der Waals surface area contributed by atoms with Gasteiger partial charge in [0.2, 0.25) is 0 Å². The van der Waals surface area contributed by atoms with E-state index >= 15 is 0 Å².